The predicted molar refractivity (Wildman–Crippen MR) is 76.5 cm³/mol. The molecule has 0 aliphatic carbocycles. The van der Waals surface area contributed by atoms with Gasteiger partial charge in [-0.3, -0.25) is 4.90 Å². The first-order valence-electron chi connectivity index (χ1n) is 5.92. The SMILES string of the molecule is CC(c1ccc(I)cc1)N1CCOC(C(=O)O)C1. The Bertz CT molecular complexity index is 421. The van der Waals surface area contributed by atoms with Crippen LogP contribution in [0.2, 0.25) is 0 Å². The number of rotatable bonds is 3. The first-order valence-corrected chi connectivity index (χ1v) is 6.99. The number of halogens is 1. The number of carbonyl (C=O) groups is 1. The Hall–Kier alpha value is -0.660. The lowest BCUT2D eigenvalue weighted by Crippen LogP contribution is -2.46. The van der Waals surface area contributed by atoms with Crippen molar-refractivity contribution < 1.29 is 14.6 Å². The highest BCUT2D eigenvalue weighted by Crippen LogP contribution is 2.23. The van der Waals surface area contributed by atoms with Gasteiger partial charge >= 0.3 is 5.97 Å². The maximum absolute atomic E-state index is 11.0. The molecule has 0 saturated carbocycles. The van der Waals surface area contributed by atoms with E-state index in [9.17, 15) is 4.79 Å². The van der Waals surface area contributed by atoms with E-state index in [1.807, 2.05) is 0 Å². The van der Waals surface area contributed by atoms with Crippen LogP contribution in [0.3, 0.4) is 0 Å². The molecular weight excluding hydrogens is 345 g/mol. The van der Waals surface area contributed by atoms with Gasteiger partial charge in [-0.05, 0) is 47.2 Å². The van der Waals surface area contributed by atoms with Gasteiger partial charge in [0.1, 0.15) is 0 Å². The number of carboxylic acid groups (broad SMARTS) is 1. The van der Waals surface area contributed by atoms with E-state index in [1.165, 1.54) is 9.13 Å². The summed E-state index contributed by atoms with van der Waals surface area (Å²) in [6.45, 7) is 3.80. The number of hydrogen-bond donors (Lipinski definition) is 1. The first kappa shape index (κ1) is 13.8. The zero-order valence-corrected chi connectivity index (χ0v) is 12.3. The average Bonchev–Trinajstić information content (AvgIpc) is 2.39. The molecule has 1 fully saturated rings. The molecule has 5 heteroatoms. The summed E-state index contributed by atoms with van der Waals surface area (Å²) in [7, 11) is 0. The Labute approximate surface area is 120 Å². The molecule has 0 amide bonds. The van der Waals surface area contributed by atoms with Gasteiger partial charge < -0.3 is 9.84 Å². The molecule has 1 saturated heterocycles. The predicted octanol–water partition coefficient (Wildman–Crippen LogP) is 2.14. The standard InChI is InChI=1S/C13H16INO3/c1-9(10-2-4-11(14)5-3-10)15-6-7-18-12(8-15)13(16)17/h2-5,9,12H,6-8H2,1H3,(H,16,17). The van der Waals surface area contributed by atoms with Crippen LogP contribution in [0.15, 0.2) is 24.3 Å². The van der Waals surface area contributed by atoms with E-state index in [1.54, 1.807) is 0 Å². The van der Waals surface area contributed by atoms with Gasteiger partial charge in [-0.1, -0.05) is 12.1 Å². The van der Waals surface area contributed by atoms with E-state index >= 15 is 0 Å². The lowest BCUT2D eigenvalue weighted by Gasteiger charge is -2.35. The number of ether oxygens (including phenoxy) is 1. The van der Waals surface area contributed by atoms with E-state index in [4.69, 9.17) is 9.84 Å². The van der Waals surface area contributed by atoms with Crippen molar-refractivity contribution in [1.29, 1.82) is 0 Å². The molecule has 1 heterocycles. The number of nitrogens with zero attached hydrogens (tertiary/aromatic N) is 1. The van der Waals surface area contributed by atoms with Gasteiger partial charge in [0, 0.05) is 22.7 Å². The summed E-state index contributed by atoms with van der Waals surface area (Å²) in [5.41, 5.74) is 1.21. The molecule has 4 nitrogen and oxygen atoms in total. The van der Waals surface area contributed by atoms with Crippen molar-refractivity contribution in [3.63, 3.8) is 0 Å². The van der Waals surface area contributed by atoms with Crippen molar-refractivity contribution in [3.8, 4) is 0 Å². The second kappa shape index (κ2) is 5.99. The summed E-state index contributed by atoms with van der Waals surface area (Å²) in [4.78, 5) is 13.1. The minimum atomic E-state index is -0.880. The van der Waals surface area contributed by atoms with Gasteiger partial charge in [0.15, 0.2) is 6.10 Å². The minimum Gasteiger partial charge on any atom is -0.479 e. The Morgan fingerprint density at radius 1 is 1.50 bits per heavy atom. The fraction of sp³-hybridized carbons (Fsp3) is 0.462. The maximum atomic E-state index is 11.0. The largest absolute Gasteiger partial charge is 0.479 e. The number of carboxylic acids is 1. The number of benzene rings is 1. The third kappa shape index (κ3) is 3.21. The maximum Gasteiger partial charge on any atom is 0.334 e. The summed E-state index contributed by atoms with van der Waals surface area (Å²) < 4.78 is 6.44. The molecule has 1 aromatic rings. The third-order valence-electron chi connectivity index (χ3n) is 3.27. The minimum absolute atomic E-state index is 0.216. The summed E-state index contributed by atoms with van der Waals surface area (Å²) >= 11 is 2.27. The first-order chi connectivity index (χ1) is 8.58. The van der Waals surface area contributed by atoms with Gasteiger partial charge in [0.2, 0.25) is 0 Å². The van der Waals surface area contributed by atoms with Crippen molar-refractivity contribution in [3.05, 3.63) is 33.4 Å². The molecule has 0 aromatic heterocycles. The van der Waals surface area contributed by atoms with Crippen LogP contribution in [0.5, 0.6) is 0 Å². The second-order valence-corrected chi connectivity index (χ2v) is 5.67. The molecule has 1 aliphatic heterocycles. The molecule has 0 spiro atoms. The Morgan fingerprint density at radius 2 is 2.17 bits per heavy atom. The summed E-state index contributed by atoms with van der Waals surface area (Å²) in [6.07, 6.45) is -0.704. The van der Waals surface area contributed by atoms with Crippen molar-refractivity contribution >= 4 is 28.6 Å². The normalized spacial score (nSPS) is 22.7. The molecule has 18 heavy (non-hydrogen) atoms. The molecule has 1 aliphatic rings. The molecule has 2 unspecified atom stereocenters. The van der Waals surface area contributed by atoms with Crippen LogP contribution < -0.4 is 0 Å². The quantitative estimate of drug-likeness (QED) is 0.839. The second-order valence-electron chi connectivity index (χ2n) is 4.42. The number of morpholine rings is 1. The van der Waals surface area contributed by atoms with Crippen LogP contribution >= 0.6 is 22.6 Å². The highest BCUT2D eigenvalue weighted by Gasteiger charge is 2.29. The van der Waals surface area contributed by atoms with Crippen LogP contribution in [-0.2, 0) is 9.53 Å². The smallest absolute Gasteiger partial charge is 0.334 e. The fourth-order valence-corrected chi connectivity index (χ4v) is 2.48. The lowest BCUT2D eigenvalue weighted by molar-refractivity contribution is -0.157. The van der Waals surface area contributed by atoms with Crippen molar-refractivity contribution in [1.82, 2.24) is 4.90 Å². The zero-order chi connectivity index (χ0) is 13.1. The van der Waals surface area contributed by atoms with Gasteiger partial charge in [-0.15, -0.1) is 0 Å². The zero-order valence-electron chi connectivity index (χ0n) is 10.2. The van der Waals surface area contributed by atoms with E-state index in [0.29, 0.717) is 13.2 Å². The van der Waals surface area contributed by atoms with Crippen molar-refractivity contribution in [2.45, 2.75) is 19.1 Å². The lowest BCUT2D eigenvalue weighted by atomic mass is 10.1. The topological polar surface area (TPSA) is 49.8 Å². The van der Waals surface area contributed by atoms with Gasteiger partial charge in [-0.2, -0.15) is 0 Å². The van der Waals surface area contributed by atoms with E-state index in [-0.39, 0.29) is 6.04 Å². The molecule has 0 bridgehead atoms. The fourth-order valence-electron chi connectivity index (χ4n) is 2.12. The summed E-state index contributed by atoms with van der Waals surface area (Å²) in [5.74, 6) is -0.880. The molecule has 1 N–H and O–H groups in total. The molecule has 98 valence electrons. The molecule has 0 radical (unpaired) electrons. The molecule has 1 aromatic carbocycles. The highest BCUT2D eigenvalue weighted by atomic mass is 127. The monoisotopic (exact) mass is 361 g/mol. The summed E-state index contributed by atoms with van der Waals surface area (Å²) in [5, 5.41) is 8.99. The van der Waals surface area contributed by atoms with Crippen LogP contribution in [0.25, 0.3) is 0 Å². The molecule has 2 atom stereocenters. The Balaban J connectivity index is 2.06. The highest BCUT2D eigenvalue weighted by molar-refractivity contribution is 14.1. The van der Waals surface area contributed by atoms with E-state index < -0.39 is 12.1 Å². The van der Waals surface area contributed by atoms with Crippen LogP contribution in [0.4, 0.5) is 0 Å². The van der Waals surface area contributed by atoms with Gasteiger partial charge in [0.05, 0.1) is 6.61 Å². The average molecular weight is 361 g/mol. The number of hydrogen-bond acceptors (Lipinski definition) is 3. The van der Waals surface area contributed by atoms with Crippen molar-refractivity contribution in [2.24, 2.45) is 0 Å². The van der Waals surface area contributed by atoms with E-state index in [2.05, 4.69) is 58.7 Å². The third-order valence-corrected chi connectivity index (χ3v) is 3.99. The van der Waals surface area contributed by atoms with E-state index in [0.717, 1.165) is 6.54 Å². The molecule has 2 rings (SSSR count). The van der Waals surface area contributed by atoms with Gasteiger partial charge in [-0.25, -0.2) is 4.79 Å². The Kier molecular flexibility index (Phi) is 4.58. The van der Waals surface area contributed by atoms with Crippen LogP contribution in [0, 0.1) is 3.57 Å². The molecular formula is C13H16INO3. The van der Waals surface area contributed by atoms with Crippen LogP contribution in [0.1, 0.15) is 18.5 Å². The van der Waals surface area contributed by atoms with Crippen LogP contribution in [-0.4, -0.2) is 41.8 Å². The van der Waals surface area contributed by atoms with Crippen molar-refractivity contribution in [2.75, 3.05) is 19.7 Å². The number of aliphatic carboxylic acids is 1. The van der Waals surface area contributed by atoms with Gasteiger partial charge in [0.25, 0.3) is 0 Å². The Morgan fingerprint density at radius 3 is 2.78 bits per heavy atom. The summed E-state index contributed by atoms with van der Waals surface area (Å²) in [6, 6.07) is 8.55.